The van der Waals surface area contributed by atoms with E-state index in [1.165, 1.54) is 6.07 Å². The zero-order valence-corrected chi connectivity index (χ0v) is 10.3. The van der Waals surface area contributed by atoms with Crippen LogP contribution in [0.4, 0.5) is 13.2 Å². The number of rotatable bonds is 1. The predicted molar refractivity (Wildman–Crippen MR) is 63.6 cm³/mol. The molecule has 19 heavy (non-hydrogen) atoms. The molecule has 1 aromatic carbocycles. The maximum atomic E-state index is 13.9. The molecule has 6 heteroatoms. The van der Waals surface area contributed by atoms with Crippen LogP contribution in [-0.2, 0) is 13.0 Å². The summed E-state index contributed by atoms with van der Waals surface area (Å²) >= 11 is 0. The fraction of sp³-hybridized carbons (Fsp3) is 0.308. The molecule has 1 aliphatic rings. The number of aromatic nitrogens is 2. The smallest absolute Gasteiger partial charge is 0.196 e. The molecule has 0 atom stereocenters. The van der Waals surface area contributed by atoms with Crippen molar-refractivity contribution < 1.29 is 13.2 Å². The van der Waals surface area contributed by atoms with Gasteiger partial charge in [0.2, 0.25) is 0 Å². The molecule has 3 nitrogen and oxygen atoms in total. The number of nitrogens with one attached hydrogen (secondary N) is 1. The van der Waals surface area contributed by atoms with Crippen LogP contribution in [0.25, 0.3) is 5.69 Å². The van der Waals surface area contributed by atoms with E-state index in [1.54, 1.807) is 11.5 Å². The molecule has 0 aliphatic carbocycles. The Balaban J connectivity index is 2.23. The van der Waals surface area contributed by atoms with Crippen LogP contribution in [0.2, 0.25) is 0 Å². The third-order valence-electron chi connectivity index (χ3n) is 3.31. The van der Waals surface area contributed by atoms with Crippen LogP contribution in [0.5, 0.6) is 0 Å². The highest BCUT2D eigenvalue weighted by atomic mass is 19.2. The minimum absolute atomic E-state index is 0.00653. The van der Waals surface area contributed by atoms with Crippen molar-refractivity contribution in [2.45, 2.75) is 19.9 Å². The topological polar surface area (TPSA) is 29.9 Å². The monoisotopic (exact) mass is 267 g/mol. The van der Waals surface area contributed by atoms with Crippen LogP contribution in [0.15, 0.2) is 12.1 Å². The van der Waals surface area contributed by atoms with Gasteiger partial charge in [-0.1, -0.05) is 0 Å². The molecule has 0 saturated heterocycles. The first-order valence-corrected chi connectivity index (χ1v) is 6.01. The van der Waals surface area contributed by atoms with Crippen molar-refractivity contribution in [3.63, 3.8) is 0 Å². The number of nitrogens with zero attached hydrogens (tertiary/aromatic N) is 2. The van der Waals surface area contributed by atoms with Gasteiger partial charge in [-0.05, 0) is 19.1 Å². The van der Waals surface area contributed by atoms with Crippen molar-refractivity contribution in [3.05, 3.63) is 46.8 Å². The van der Waals surface area contributed by atoms with Crippen molar-refractivity contribution in [2.75, 3.05) is 6.54 Å². The molecule has 0 fully saturated rings. The number of benzene rings is 1. The van der Waals surface area contributed by atoms with E-state index >= 15 is 0 Å². The molecule has 0 bridgehead atoms. The highest BCUT2D eigenvalue weighted by Crippen LogP contribution is 2.25. The number of aryl methyl sites for hydroxylation is 1. The van der Waals surface area contributed by atoms with E-state index in [-0.39, 0.29) is 5.69 Å². The van der Waals surface area contributed by atoms with E-state index in [0.717, 1.165) is 24.0 Å². The number of imidazole rings is 1. The normalized spacial score (nSPS) is 14.5. The Bertz CT molecular complexity index is 649. The second-order valence-electron chi connectivity index (χ2n) is 4.51. The van der Waals surface area contributed by atoms with Gasteiger partial charge < -0.3 is 5.32 Å². The van der Waals surface area contributed by atoms with Gasteiger partial charge in [0.15, 0.2) is 17.5 Å². The second-order valence-corrected chi connectivity index (χ2v) is 4.51. The summed E-state index contributed by atoms with van der Waals surface area (Å²) in [5, 5.41) is 3.16. The summed E-state index contributed by atoms with van der Waals surface area (Å²) in [6.07, 6.45) is 0.675. The number of hydrogen-bond donors (Lipinski definition) is 1. The minimum Gasteiger partial charge on any atom is -0.311 e. The van der Waals surface area contributed by atoms with Gasteiger partial charge in [-0.15, -0.1) is 0 Å². The molecule has 2 heterocycles. The molecule has 0 spiro atoms. The van der Waals surface area contributed by atoms with E-state index in [2.05, 4.69) is 10.3 Å². The lowest BCUT2D eigenvalue weighted by Gasteiger charge is -2.16. The van der Waals surface area contributed by atoms with E-state index < -0.39 is 17.5 Å². The van der Waals surface area contributed by atoms with Crippen molar-refractivity contribution >= 4 is 0 Å². The largest absolute Gasteiger partial charge is 0.311 e. The van der Waals surface area contributed by atoms with Crippen molar-refractivity contribution in [1.29, 1.82) is 0 Å². The zero-order chi connectivity index (χ0) is 13.6. The third kappa shape index (κ3) is 1.83. The van der Waals surface area contributed by atoms with Gasteiger partial charge >= 0.3 is 0 Å². The lowest BCUT2D eigenvalue weighted by atomic mass is 10.1. The summed E-state index contributed by atoms with van der Waals surface area (Å²) in [6.45, 7) is 3.08. The molecule has 0 radical (unpaired) electrons. The van der Waals surface area contributed by atoms with Gasteiger partial charge in [0.25, 0.3) is 0 Å². The fourth-order valence-corrected chi connectivity index (χ4v) is 2.45. The highest BCUT2D eigenvalue weighted by Gasteiger charge is 2.22. The van der Waals surface area contributed by atoms with E-state index in [0.29, 0.717) is 18.8 Å². The summed E-state index contributed by atoms with van der Waals surface area (Å²) in [6, 6.07) is 2.17. The Morgan fingerprint density at radius 1 is 1.21 bits per heavy atom. The third-order valence-corrected chi connectivity index (χ3v) is 3.31. The van der Waals surface area contributed by atoms with Crippen LogP contribution in [0.3, 0.4) is 0 Å². The Morgan fingerprint density at radius 2 is 2.00 bits per heavy atom. The summed E-state index contributed by atoms with van der Waals surface area (Å²) in [7, 11) is 0. The molecule has 3 rings (SSSR count). The molecule has 0 amide bonds. The predicted octanol–water partition coefficient (Wildman–Crippen LogP) is 2.24. The van der Waals surface area contributed by atoms with Gasteiger partial charge in [0.1, 0.15) is 5.82 Å². The second kappa shape index (κ2) is 4.38. The average Bonchev–Trinajstić information content (AvgIpc) is 2.73. The van der Waals surface area contributed by atoms with Gasteiger partial charge in [0, 0.05) is 25.2 Å². The minimum atomic E-state index is -1.45. The average molecular weight is 267 g/mol. The van der Waals surface area contributed by atoms with E-state index in [1.807, 2.05) is 0 Å². The first-order chi connectivity index (χ1) is 9.09. The maximum Gasteiger partial charge on any atom is 0.196 e. The molecule has 0 saturated carbocycles. The van der Waals surface area contributed by atoms with Crippen LogP contribution in [-0.4, -0.2) is 16.1 Å². The first-order valence-electron chi connectivity index (χ1n) is 6.01. The van der Waals surface area contributed by atoms with Crippen molar-refractivity contribution in [1.82, 2.24) is 14.9 Å². The number of hydrogen-bond acceptors (Lipinski definition) is 2. The molecule has 100 valence electrons. The summed E-state index contributed by atoms with van der Waals surface area (Å²) in [5.74, 6) is -3.25. The molecule has 1 aromatic heterocycles. The summed E-state index contributed by atoms with van der Waals surface area (Å²) in [4.78, 5) is 4.34. The summed E-state index contributed by atoms with van der Waals surface area (Å²) in [5.41, 5.74) is 1.68. The Labute approximate surface area is 108 Å². The number of halogens is 3. The highest BCUT2D eigenvalue weighted by molar-refractivity contribution is 5.40. The SMILES string of the molecule is Cc1nc2c(n1-c1ccc(F)c(F)c1F)CCNC2. The van der Waals surface area contributed by atoms with E-state index in [9.17, 15) is 13.2 Å². The fourth-order valence-electron chi connectivity index (χ4n) is 2.45. The zero-order valence-electron chi connectivity index (χ0n) is 10.3. The molecular weight excluding hydrogens is 255 g/mol. The first kappa shape index (κ1) is 12.2. The molecular formula is C13H12F3N3. The molecule has 2 aromatic rings. The van der Waals surface area contributed by atoms with Gasteiger partial charge in [0.05, 0.1) is 11.4 Å². The van der Waals surface area contributed by atoms with Gasteiger partial charge in [-0.2, -0.15) is 0 Å². The molecule has 1 N–H and O–H groups in total. The van der Waals surface area contributed by atoms with Crippen molar-refractivity contribution in [3.8, 4) is 5.69 Å². The maximum absolute atomic E-state index is 13.9. The van der Waals surface area contributed by atoms with Crippen LogP contribution >= 0.6 is 0 Å². The lowest BCUT2D eigenvalue weighted by Crippen LogP contribution is -2.25. The molecule has 1 aliphatic heterocycles. The molecule has 0 unspecified atom stereocenters. The Hall–Kier alpha value is -1.82. The van der Waals surface area contributed by atoms with Crippen LogP contribution in [0, 0.1) is 24.4 Å². The van der Waals surface area contributed by atoms with Crippen LogP contribution in [0.1, 0.15) is 17.2 Å². The Kier molecular flexibility index (Phi) is 2.82. The van der Waals surface area contributed by atoms with E-state index in [4.69, 9.17) is 0 Å². The summed E-state index contributed by atoms with van der Waals surface area (Å²) < 4.78 is 41.8. The lowest BCUT2D eigenvalue weighted by molar-refractivity contribution is 0.443. The van der Waals surface area contributed by atoms with Crippen LogP contribution < -0.4 is 5.32 Å². The number of fused-ring (bicyclic) bond motifs is 1. The quantitative estimate of drug-likeness (QED) is 0.803. The standard InChI is InChI=1S/C13H12F3N3/c1-7-18-9-6-17-5-4-10(9)19(7)11-3-2-8(14)12(15)13(11)16/h2-3,17H,4-6H2,1H3. The van der Waals surface area contributed by atoms with Gasteiger partial charge in [-0.3, -0.25) is 4.57 Å². The van der Waals surface area contributed by atoms with Gasteiger partial charge in [-0.25, -0.2) is 18.2 Å². The Morgan fingerprint density at radius 3 is 2.79 bits per heavy atom. The van der Waals surface area contributed by atoms with Crippen molar-refractivity contribution in [2.24, 2.45) is 0 Å².